The first-order valence-electron chi connectivity index (χ1n) is 7.43. The van der Waals surface area contributed by atoms with E-state index in [2.05, 4.69) is 12.2 Å². The molecular weight excluding hydrogens is 293 g/mol. The van der Waals surface area contributed by atoms with Crippen molar-refractivity contribution in [2.45, 2.75) is 38.7 Å². The van der Waals surface area contributed by atoms with E-state index >= 15 is 0 Å². The molecule has 0 unspecified atom stereocenters. The zero-order valence-corrected chi connectivity index (χ0v) is 13.0. The molecule has 116 valence electrons. The van der Waals surface area contributed by atoms with E-state index in [4.69, 9.17) is 16.3 Å². The molecular formula is C16H21ClFNO2. The van der Waals surface area contributed by atoms with E-state index in [1.165, 1.54) is 31.4 Å². The highest BCUT2D eigenvalue weighted by Gasteiger charge is 2.21. The van der Waals surface area contributed by atoms with Crippen LogP contribution in [0.15, 0.2) is 18.2 Å². The van der Waals surface area contributed by atoms with E-state index < -0.39 is 11.7 Å². The number of rotatable bonds is 5. The van der Waals surface area contributed by atoms with E-state index in [-0.39, 0.29) is 16.7 Å². The monoisotopic (exact) mass is 313 g/mol. The highest BCUT2D eigenvalue weighted by atomic mass is 35.5. The molecule has 21 heavy (non-hydrogen) atoms. The molecule has 0 aromatic heterocycles. The Morgan fingerprint density at radius 1 is 1.43 bits per heavy atom. The number of hydrogen-bond acceptors (Lipinski definition) is 2. The lowest BCUT2D eigenvalue weighted by molar-refractivity contribution is -0.00295. The van der Waals surface area contributed by atoms with Crippen molar-refractivity contribution < 1.29 is 13.9 Å². The lowest BCUT2D eigenvalue weighted by atomic mass is 9.88. The molecule has 1 aromatic rings. The van der Waals surface area contributed by atoms with E-state index in [1.54, 1.807) is 0 Å². The van der Waals surface area contributed by atoms with Gasteiger partial charge in [0.15, 0.2) is 0 Å². The van der Waals surface area contributed by atoms with Crippen molar-refractivity contribution in [2.75, 3.05) is 13.2 Å². The van der Waals surface area contributed by atoms with Crippen LogP contribution in [-0.2, 0) is 4.74 Å². The second-order valence-corrected chi connectivity index (χ2v) is 5.99. The Bertz CT molecular complexity index is 495. The molecule has 0 saturated heterocycles. The Kier molecular flexibility index (Phi) is 6.00. The Labute approximate surface area is 129 Å². The minimum absolute atomic E-state index is 0.00503. The minimum Gasteiger partial charge on any atom is -0.376 e. The van der Waals surface area contributed by atoms with E-state index in [1.807, 2.05) is 0 Å². The van der Waals surface area contributed by atoms with Gasteiger partial charge in [0, 0.05) is 11.6 Å². The summed E-state index contributed by atoms with van der Waals surface area (Å²) < 4.78 is 19.4. The molecule has 0 aliphatic heterocycles. The van der Waals surface area contributed by atoms with Gasteiger partial charge in [-0.2, -0.15) is 0 Å². The van der Waals surface area contributed by atoms with Gasteiger partial charge >= 0.3 is 0 Å². The smallest absolute Gasteiger partial charge is 0.254 e. The second kappa shape index (κ2) is 7.76. The fraction of sp³-hybridized carbons (Fsp3) is 0.562. The molecule has 2 rings (SSSR count). The van der Waals surface area contributed by atoms with Crippen LogP contribution in [-0.4, -0.2) is 25.2 Å². The fourth-order valence-corrected chi connectivity index (χ4v) is 2.83. The lowest BCUT2D eigenvalue weighted by Crippen LogP contribution is -2.32. The van der Waals surface area contributed by atoms with Gasteiger partial charge in [0.25, 0.3) is 5.91 Å². The van der Waals surface area contributed by atoms with Crippen molar-refractivity contribution in [2.24, 2.45) is 5.92 Å². The molecule has 0 radical (unpaired) electrons. The second-order valence-electron chi connectivity index (χ2n) is 5.55. The van der Waals surface area contributed by atoms with Crippen molar-refractivity contribution in [3.63, 3.8) is 0 Å². The first-order chi connectivity index (χ1) is 10.1. The Balaban J connectivity index is 1.74. The zero-order chi connectivity index (χ0) is 15.2. The Hall–Kier alpha value is -1.13. The largest absolute Gasteiger partial charge is 0.376 e. The summed E-state index contributed by atoms with van der Waals surface area (Å²) in [7, 11) is 0. The summed E-state index contributed by atoms with van der Waals surface area (Å²) in [6, 6.07) is 4.02. The number of halogens is 2. The number of hydrogen-bond donors (Lipinski definition) is 1. The van der Waals surface area contributed by atoms with Gasteiger partial charge in [-0.1, -0.05) is 31.4 Å². The maximum atomic E-state index is 13.6. The molecule has 1 N–H and O–H groups in total. The number of amides is 1. The summed E-state index contributed by atoms with van der Waals surface area (Å²) in [5, 5.41) is 2.94. The van der Waals surface area contributed by atoms with Crippen LogP contribution in [0.4, 0.5) is 4.39 Å². The van der Waals surface area contributed by atoms with Crippen LogP contribution in [0.25, 0.3) is 0 Å². The minimum atomic E-state index is -0.609. The maximum absolute atomic E-state index is 13.6. The molecule has 0 spiro atoms. The standard InChI is InChI=1S/C16H21ClFNO2/c1-11-4-2-3-5-15(11)21-9-8-19-16(20)13-7-6-12(17)10-14(13)18/h6-7,10-11,15H,2-5,8-9H2,1H3,(H,19,20)/t11-,15-/m1/s1. The van der Waals surface area contributed by atoms with Gasteiger partial charge in [-0.05, 0) is 37.0 Å². The first-order valence-corrected chi connectivity index (χ1v) is 7.80. The summed E-state index contributed by atoms with van der Waals surface area (Å²) in [6.45, 7) is 3.03. The molecule has 2 atom stereocenters. The number of carbonyl (C=O) groups is 1. The van der Waals surface area contributed by atoms with Gasteiger partial charge in [-0.3, -0.25) is 4.79 Å². The van der Waals surface area contributed by atoms with E-state index in [0.717, 1.165) is 12.5 Å². The van der Waals surface area contributed by atoms with E-state index in [0.29, 0.717) is 19.1 Å². The maximum Gasteiger partial charge on any atom is 0.254 e. The quantitative estimate of drug-likeness (QED) is 0.840. The highest BCUT2D eigenvalue weighted by Crippen LogP contribution is 2.26. The third-order valence-electron chi connectivity index (χ3n) is 3.93. The molecule has 1 amide bonds. The van der Waals surface area contributed by atoms with Crippen LogP contribution >= 0.6 is 11.6 Å². The van der Waals surface area contributed by atoms with Gasteiger partial charge in [-0.25, -0.2) is 4.39 Å². The number of benzene rings is 1. The first kappa shape index (κ1) is 16.2. The topological polar surface area (TPSA) is 38.3 Å². The van der Waals surface area contributed by atoms with Gasteiger partial charge in [0.05, 0.1) is 18.3 Å². The number of ether oxygens (including phenoxy) is 1. The summed E-state index contributed by atoms with van der Waals surface area (Å²) in [5.41, 5.74) is 0.00503. The average Bonchev–Trinajstić information content (AvgIpc) is 2.45. The fourth-order valence-electron chi connectivity index (χ4n) is 2.67. The third kappa shape index (κ3) is 4.68. The van der Waals surface area contributed by atoms with Gasteiger partial charge in [-0.15, -0.1) is 0 Å². The van der Waals surface area contributed by atoms with Crippen molar-refractivity contribution in [3.05, 3.63) is 34.6 Å². The molecule has 5 heteroatoms. The third-order valence-corrected chi connectivity index (χ3v) is 4.16. The van der Waals surface area contributed by atoms with Crippen LogP contribution in [0.1, 0.15) is 43.0 Å². The predicted molar refractivity (Wildman–Crippen MR) is 81.1 cm³/mol. The molecule has 1 fully saturated rings. The van der Waals surface area contributed by atoms with E-state index in [9.17, 15) is 9.18 Å². The van der Waals surface area contributed by atoms with Crippen molar-refractivity contribution in [1.82, 2.24) is 5.32 Å². The van der Waals surface area contributed by atoms with Crippen molar-refractivity contribution >= 4 is 17.5 Å². The number of nitrogens with one attached hydrogen (secondary N) is 1. The van der Waals surface area contributed by atoms with Crippen molar-refractivity contribution in [1.29, 1.82) is 0 Å². The summed E-state index contributed by atoms with van der Waals surface area (Å²) >= 11 is 5.66. The SMILES string of the molecule is C[C@@H]1CCCC[C@H]1OCCNC(=O)c1ccc(Cl)cc1F. The van der Waals surface area contributed by atoms with Crippen LogP contribution in [0.2, 0.25) is 5.02 Å². The molecule has 1 saturated carbocycles. The predicted octanol–water partition coefficient (Wildman–Crippen LogP) is 3.80. The molecule has 1 aromatic carbocycles. The molecule has 0 heterocycles. The van der Waals surface area contributed by atoms with Crippen LogP contribution in [0.5, 0.6) is 0 Å². The molecule has 0 bridgehead atoms. The summed E-state index contributed by atoms with van der Waals surface area (Å²) in [5.74, 6) is -0.477. The molecule has 3 nitrogen and oxygen atoms in total. The normalized spacial score (nSPS) is 22.0. The van der Waals surface area contributed by atoms with Gasteiger partial charge in [0.1, 0.15) is 5.82 Å². The number of carbonyl (C=O) groups excluding carboxylic acids is 1. The van der Waals surface area contributed by atoms with Gasteiger partial charge < -0.3 is 10.1 Å². The van der Waals surface area contributed by atoms with Crippen LogP contribution in [0, 0.1) is 11.7 Å². The average molecular weight is 314 g/mol. The van der Waals surface area contributed by atoms with Crippen LogP contribution < -0.4 is 5.32 Å². The summed E-state index contributed by atoms with van der Waals surface area (Å²) in [6.07, 6.45) is 5.04. The Morgan fingerprint density at radius 2 is 2.19 bits per heavy atom. The Morgan fingerprint density at radius 3 is 2.90 bits per heavy atom. The molecule has 1 aliphatic rings. The molecule has 1 aliphatic carbocycles. The summed E-state index contributed by atoms with van der Waals surface area (Å²) in [4.78, 5) is 11.8. The lowest BCUT2D eigenvalue weighted by Gasteiger charge is -2.28. The highest BCUT2D eigenvalue weighted by molar-refractivity contribution is 6.30. The zero-order valence-electron chi connectivity index (χ0n) is 12.2. The van der Waals surface area contributed by atoms with Crippen molar-refractivity contribution in [3.8, 4) is 0 Å². The van der Waals surface area contributed by atoms with Gasteiger partial charge in [0.2, 0.25) is 0 Å². The van der Waals surface area contributed by atoms with Crippen LogP contribution in [0.3, 0.4) is 0 Å².